The molecular formula is C12H15ClN2O2. The quantitative estimate of drug-likeness (QED) is 0.813. The molecule has 0 aromatic heterocycles. The van der Waals surface area contributed by atoms with Crippen molar-refractivity contribution in [2.45, 2.75) is 0 Å². The summed E-state index contributed by atoms with van der Waals surface area (Å²) in [5.41, 5.74) is 1.46. The van der Waals surface area contributed by atoms with E-state index in [0.29, 0.717) is 10.6 Å². The van der Waals surface area contributed by atoms with Gasteiger partial charge in [0.1, 0.15) is 0 Å². The Bertz CT molecular complexity index is 417. The summed E-state index contributed by atoms with van der Waals surface area (Å²) >= 11 is 6.08. The molecule has 0 spiro atoms. The van der Waals surface area contributed by atoms with Crippen LogP contribution in [0.5, 0.6) is 0 Å². The predicted octanol–water partition coefficient (Wildman–Crippen LogP) is 1.54. The molecular weight excluding hydrogens is 240 g/mol. The molecule has 4 nitrogen and oxygen atoms in total. The van der Waals surface area contributed by atoms with Gasteiger partial charge in [0.15, 0.2) is 0 Å². The monoisotopic (exact) mass is 254 g/mol. The van der Waals surface area contributed by atoms with Crippen molar-refractivity contribution in [3.63, 3.8) is 0 Å². The summed E-state index contributed by atoms with van der Waals surface area (Å²) in [6.45, 7) is 3.84. The van der Waals surface area contributed by atoms with Gasteiger partial charge in [-0.2, -0.15) is 0 Å². The third-order valence-electron chi connectivity index (χ3n) is 2.84. The van der Waals surface area contributed by atoms with Crippen molar-refractivity contribution in [1.29, 1.82) is 0 Å². The zero-order chi connectivity index (χ0) is 12.3. The number of methoxy groups -OCH3 is 1. The number of halogens is 1. The Balaban J connectivity index is 2.20. The van der Waals surface area contributed by atoms with Crippen molar-refractivity contribution in [2.24, 2.45) is 0 Å². The topological polar surface area (TPSA) is 41.6 Å². The second-order valence-corrected chi connectivity index (χ2v) is 4.30. The van der Waals surface area contributed by atoms with Crippen molar-refractivity contribution < 1.29 is 9.53 Å². The molecule has 0 radical (unpaired) electrons. The van der Waals surface area contributed by atoms with Gasteiger partial charge in [-0.25, -0.2) is 4.79 Å². The zero-order valence-corrected chi connectivity index (χ0v) is 10.5. The maximum absolute atomic E-state index is 11.4. The highest BCUT2D eigenvalue weighted by Crippen LogP contribution is 2.24. The summed E-state index contributed by atoms with van der Waals surface area (Å²) < 4.78 is 4.66. The van der Waals surface area contributed by atoms with Gasteiger partial charge in [-0.3, -0.25) is 0 Å². The molecule has 0 saturated carbocycles. The number of benzene rings is 1. The molecule has 1 aromatic carbocycles. The highest BCUT2D eigenvalue weighted by molar-refractivity contribution is 6.33. The fraction of sp³-hybridized carbons (Fsp3) is 0.417. The Morgan fingerprint density at radius 2 is 2.12 bits per heavy atom. The molecule has 0 bridgehead atoms. The third-order valence-corrected chi connectivity index (χ3v) is 3.15. The molecule has 1 aliphatic heterocycles. The number of hydrogen-bond donors (Lipinski definition) is 1. The lowest BCUT2D eigenvalue weighted by Gasteiger charge is -2.29. The van der Waals surface area contributed by atoms with Gasteiger partial charge < -0.3 is 15.0 Å². The third kappa shape index (κ3) is 2.70. The lowest BCUT2D eigenvalue weighted by Crippen LogP contribution is -2.43. The van der Waals surface area contributed by atoms with Gasteiger partial charge in [0, 0.05) is 31.9 Å². The SMILES string of the molecule is COC(=O)c1ccc(N2CCNCC2)cc1Cl. The Hall–Kier alpha value is -1.26. The molecule has 0 aliphatic carbocycles. The summed E-state index contributed by atoms with van der Waals surface area (Å²) in [5, 5.41) is 3.73. The van der Waals surface area contributed by atoms with Crippen LogP contribution in [-0.4, -0.2) is 39.3 Å². The van der Waals surface area contributed by atoms with Gasteiger partial charge in [-0.05, 0) is 18.2 Å². The molecule has 1 aromatic rings. The minimum Gasteiger partial charge on any atom is -0.465 e. The van der Waals surface area contributed by atoms with Gasteiger partial charge in [-0.15, -0.1) is 0 Å². The van der Waals surface area contributed by atoms with Crippen molar-refractivity contribution in [3.8, 4) is 0 Å². The van der Waals surface area contributed by atoms with E-state index < -0.39 is 5.97 Å². The first-order valence-corrected chi connectivity index (χ1v) is 5.93. The van der Waals surface area contributed by atoms with Crippen molar-refractivity contribution in [1.82, 2.24) is 5.32 Å². The van der Waals surface area contributed by atoms with Crippen LogP contribution >= 0.6 is 11.6 Å². The minimum atomic E-state index is -0.401. The number of carbonyl (C=O) groups excluding carboxylic acids is 1. The number of nitrogens with zero attached hydrogens (tertiary/aromatic N) is 1. The van der Waals surface area contributed by atoms with Crippen molar-refractivity contribution >= 4 is 23.3 Å². The van der Waals surface area contributed by atoms with Crippen LogP contribution in [-0.2, 0) is 4.74 Å². The van der Waals surface area contributed by atoms with E-state index in [2.05, 4.69) is 15.0 Å². The average molecular weight is 255 g/mol. The van der Waals surface area contributed by atoms with Crippen LogP contribution < -0.4 is 10.2 Å². The Kier molecular flexibility index (Phi) is 3.86. The maximum atomic E-state index is 11.4. The lowest BCUT2D eigenvalue weighted by molar-refractivity contribution is 0.0601. The molecule has 1 saturated heterocycles. The van der Waals surface area contributed by atoms with Gasteiger partial charge in [0.25, 0.3) is 0 Å². The fourth-order valence-corrected chi connectivity index (χ4v) is 2.15. The Morgan fingerprint density at radius 3 is 2.71 bits per heavy atom. The van der Waals surface area contributed by atoms with Crippen LogP contribution in [0.15, 0.2) is 18.2 Å². The zero-order valence-electron chi connectivity index (χ0n) is 9.70. The Morgan fingerprint density at radius 1 is 1.41 bits per heavy atom. The van der Waals surface area contributed by atoms with Crippen LogP contribution in [0.25, 0.3) is 0 Å². The molecule has 1 N–H and O–H groups in total. The van der Waals surface area contributed by atoms with E-state index >= 15 is 0 Å². The van der Waals surface area contributed by atoms with Crippen LogP contribution in [0, 0.1) is 0 Å². The maximum Gasteiger partial charge on any atom is 0.339 e. The normalized spacial score (nSPS) is 15.8. The number of rotatable bonds is 2. The highest BCUT2D eigenvalue weighted by atomic mass is 35.5. The largest absolute Gasteiger partial charge is 0.465 e. The summed E-state index contributed by atoms with van der Waals surface area (Å²) in [4.78, 5) is 13.6. The number of esters is 1. The van der Waals surface area contributed by atoms with E-state index in [-0.39, 0.29) is 0 Å². The van der Waals surface area contributed by atoms with E-state index in [1.54, 1.807) is 6.07 Å². The second-order valence-electron chi connectivity index (χ2n) is 3.89. The summed E-state index contributed by atoms with van der Waals surface area (Å²) in [6, 6.07) is 5.44. The van der Waals surface area contributed by atoms with E-state index in [4.69, 9.17) is 11.6 Å². The summed E-state index contributed by atoms with van der Waals surface area (Å²) in [6.07, 6.45) is 0. The molecule has 17 heavy (non-hydrogen) atoms. The average Bonchev–Trinajstić information content (AvgIpc) is 2.39. The van der Waals surface area contributed by atoms with Gasteiger partial charge >= 0.3 is 5.97 Å². The number of ether oxygens (including phenoxy) is 1. The summed E-state index contributed by atoms with van der Waals surface area (Å²) in [7, 11) is 1.35. The fourth-order valence-electron chi connectivity index (χ4n) is 1.90. The minimum absolute atomic E-state index is 0.401. The number of hydrogen-bond acceptors (Lipinski definition) is 4. The molecule has 5 heteroatoms. The molecule has 1 aliphatic rings. The smallest absolute Gasteiger partial charge is 0.339 e. The molecule has 0 unspecified atom stereocenters. The highest BCUT2D eigenvalue weighted by Gasteiger charge is 2.15. The summed E-state index contributed by atoms with van der Waals surface area (Å²) in [5.74, 6) is -0.401. The number of carbonyl (C=O) groups is 1. The second kappa shape index (κ2) is 5.38. The predicted molar refractivity (Wildman–Crippen MR) is 67.9 cm³/mol. The number of piperazine rings is 1. The van der Waals surface area contributed by atoms with Crippen molar-refractivity contribution in [2.75, 3.05) is 38.2 Å². The first-order chi connectivity index (χ1) is 8.22. The Labute approximate surface area is 106 Å². The number of nitrogens with one attached hydrogen (secondary N) is 1. The molecule has 1 heterocycles. The van der Waals surface area contributed by atoms with Gasteiger partial charge in [0.2, 0.25) is 0 Å². The van der Waals surface area contributed by atoms with Crippen molar-refractivity contribution in [3.05, 3.63) is 28.8 Å². The molecule has 0 amide bonds. The molecule has 2 rings (SSSR count). The van der Waals surface area contributed by atoms with Crippen LogP contribution in [0.2, 0.25) is 5.02 Å². The first-order valence-electron chi connectivity index (χ1n) is 5.56. The molecule has 0 atom stereocenters. The standard InChI is InChI=1S/C12H15ClN2O2/c1-17-12(16)10-3-2-9(8-11(10)13)15-6-4-14-5-7-15/h2-3,8,14H,4-7H2,1H3. The van der Waals surface area contributed by atoms with Gasteiger partial charge in [0.05, 0.1) is 17.7 Å². The van der Waals surface area contributed by atoms with Crippen LogP contribution in [0.3, 0.4) is 0 Å². The lowest BCUT2D eigenvalue weighted by atomic mass is 10.2. The van der Waals surface area contributed by atoms with Crippen LogP contribution in [0.4, 0.5) is 5.69 Å². The number of anilines is 1. The first kappa shape index (κ1) is 12.2. The molecule has 1 fully saturated rings. The molecule has 92 valence electrons. The van der Waals surface area contributed by atoms with Crippen LogP contribution in [0.1, 0.15) is 10.4 Å². The van der Waals surface area contributed by atoms with E-state index in [1.807, 2.05) is 12.1 Å². The van der Waals surface area contributed by atoms with E-state index in [0.717, 1.165) is 31.9 Å². The van der Waals surface area contributed by atoms with E-state index in [1.165, 1.54) is 7.11 Å². The van der Waals surface area contributed by atoms with Gasteiger partial charge in [-0.1, -0.05) is 11.6 Å². The van der Waals surface area contributed by atoms with E-state index in [9.17, 15) is 4.79 Å².